The topological polar surface area (TPSA) is 188 Å². The fourth-order valence-corrected chi connectivity index (χ4v) is 5.96. The highest BCUT2D eigenvalue weighted by atomic mass is 35.5. The van der Waals surface area contributed by atoms with Crippen LogP contribution in [0.2, 0.25) is 10.0 Å². The summed E-state index contributed by atoms with van der Waals surface area (Å²) in [4.78, 5) is 64.2. The number of halogens is 2. The van der Waals surface area contributed by atoms with Crippen LogP contribution in [0.1, 0.15) is 80.7 Å². The van der Waals surface area contributed by atoms with Crippen molar-refractivity contribution in [1.82, 2.24) is 14.9 Å². The first-order valence-electron chi connectivity index (χ1n) is 16.4. The number of carbonyl (C=O) groups is 3. The van der Waals surface area contributed by atoms with E-state index in [0.29, 0.717) is 18.4 Å². The molecule has 0 radical (unpaired) electrons. The molecule has 4 rings (SSSR count). The van der Waals surface area contributed by atoms with Crippen LogP contribution >= 0.6 is 23.2 Å². The molecular weight excluding hydrogens is 733 g/mol. The molecule has 0 bridgehead atoms. The van der Waals surface area contributed by atoms with Crippen LogP contribution < -0.4 is 25.0 Å². The van der Waals surface area contributed by atoms with Gasteiger partial charge in [-0.3, -0.25) is 25.1 Å². The molecule has 1 aliphatic carbocycles. The van der Waals surface area contributed by atoms with Gasteiger partial charge in [-0.25, -0.2) is 19.6 Å². The molecule has 2 amide bonds. The zero-order chi connectivity index (χ0) is 39.6. The normalized spacial score (nSPS) is 12.9. The number of hydrogen-bond donors (Lipinski definition) is 2. The van der Waals surface area contributed by atoms with Gasteiger partial charge >= 0.3 is 17.7 Å². The maximum atomic E-state index is 14.5. The Labute approximate surface area is 317 Å². The highest BCUT2D eigenvalue weighted by molar-refractivity contribution is 6.43. The Bertz CT molecular complexity index is 1890. The second-order valence-electron chi connectivity index (χ2n) is 14.4. The van der Waals surface area contributed by atoms with Crippen LogP contribution in [0.4, 0.5) is 33.5 Å². The van der Waals surface area contributed by atoms with E-state index in [0.717, 1.165) is 0 Å². The van der Waals surface area contributed by atoms with Crippen molar-refractivity contribution in [3.05, 3.63) is 61.4 Å². The third-order valence-electron chi connectivity index (χ3n) is 7.37. The van der Waals surface area contributed by atoms with Gasteiger partial charge in [-0.1, -0.05) is 29.3 Å². The first-order chi connectivity index (χ1) is 24.7. The summed E-state index contributed by atoms with van der Waals surface area (Å²) in [5.74, 6) is -1.56. The monoisotopic (exact) mass is 775 g/mol. The number of hydrogen-bond acceptors (Lipinski definition) is 13. The zero-order valence-electron chi connectivity index (χ0n) is 31.2. The lowest BCUT2D eigenvalue weighted by Crippen LogP contribution is -2.34. The lowest BCUT2D eigenvalue weighted by atomic mass is 10.0. The summed E-state index contributed by atoms with van der Waals surface area (Å²) in [6, 6.07) is 4.20. The van der Waals surface area contributed by atoms with Crippen molar-refractivity contribution in [2.75, 3.05) is 43.8 Å². The fraction of sp³-hybridized carbons (Fsp3) is 0.457. The first-order valence-corrected chi connectivity index (χ1v) is 17.2. The number of nitrogens with one attached hydrogen (secondary N) is 2. The van der Waals surface area contributed by atoms with Crippen LogP contribution in [0.5, 0.6) is 11.5 Å². The second-order valence-corrected chi connectivity index (χ2v) is 15.1. The van der Waals surface area contributed by atoms with E-state index in [9.17, 15) is 24.5 Å². The SMILES string of the molecule is COc1c(Cl)c(NC(=O)OC(C)(C)C)c(Cl)c(OC)c1C(=O)N(c1cc(Nc2ccc(CN(C)C)c(C(=O)OC(C)(C)C)c2[N+](=O)[O-])ncn1)C1CC1. The molecule has 2 N–H and O–H groups in total. The average Bonchev–Trinajstić information content (AvgIpc) is 3.86. The fourth-order valence-electron chi connectivity index (χ4n) is 5.29. The van der Waals surface area contributed by atoms with Crippen molar-refractivity contribution in [2.24, 2.45) is 0 Å². The minimum Gasteiger partial charge on any atom is -0.494 e. The molecule has 3 aromatic rings. The van der Waals surface area contributed by atoms with Gasteiger partial charge in [0.1, 0.15) is 56.0 Å². The predicted octanol–water partition coefficient (Wildman–Crippen LogP) is 7.63. The van der Waals surface area contributed by atoms with Crippen molar-refractivity contribution in [2.45, 2.75) is 78.2 Å². The average molecular weight is 777 g/mol. The van der Waals surface area contributed by atoms with Gasteiger partial charge in [-0.15, -0.1) is 0 Å². The Morgan fingerprint density at radius 2 is 1.53 bits per heavy atom. The number of carbonyl (C=O) groups excluding carboxylic acids is 3. The van der Waals surface area contributed by atoms with Crippen LogP contribution in [0, 0.1) is 10.1 Å². The molecule has 2 aromatic carbocycles. The lowest BCUT2D eigenvalue weighted by molar-refractivity contribution is -0.384. The summed E-state index contributed by atoms with van der Waals surface area (Å²) >= 11 is 13.4. The minimum absolute atomic E-state index is 0.0395. The molecule has 0 atom stereocenters. The van der Waals surface area contributed by atoms with Crippen LogP contribution in [-0.4, -0.2) is 83.3 Å². The van der Waals surface area contributed by atoms with E-state index in [1.807, 2.05) is 0 Å². The number of nitro benzene ring substituents is 1. The largest absolute Gasteiger partial charge is 0.494 e. The number of ether oxygens (including phenoxy) is 4. The maximum Gasteiger partial charge on any atom is 0.412 e. The number of methoxy groups -OCH3 is 2. The van der Waals surface area contributed by atoms with Gasteiger partial charge in [0.15, 0.2) is 11.5 Å². The zero-order valence-corrected chi connectivity index (χ0v) is 32.7. The third-order valence-corrected chi connectivity index (χ3v) is 8.09. The smallest absolute Gasteiger partial charge is 0.412 e. The Hall–Kier alpha value is -4.93. The molecule has 1 heterocycles. The Balaban J connectivity index is 1.79. The van der Waals surface area contributed by atoms with Gasteiger partial charge in [0.25, 0.3) is 5.91 Å². The molecule has 0 saturated heterocycles. The summed E-state index contributed by atoms with van der Waals surface area (Å²) in [5.41, 5.74) is -2.34. The van der Waals surface area contributed by atoms with E-state index in [-0.39, 0.29) is 68.3 Å². The van der Waals surface area contributed by atoms with E-state index >= 15 is 0 Å². The van der Waals surface area contributed by atoms with Gasteiger partial charge in [0.2, 0.25) is 0 Å². The first kappa shape index (κ1) is 40.8. The molecule has 286 valence electrons. The molecule has 18 heteroatoms. The van der Waals surface area contributed by atoms with Gasteiger partial charge in [0, 0.05) is 18.7 Å². The Morgan fingerprint density at radius 1 is 0.943 bits per heavy atom. The number of nitrogens with zero attached hydrogens (tertiary/aromatic N) is 5. The third kappa shape index (κ3) is 9.74. The van der Waals surface area contributed by atoms with Crippen molar-refractivity contribution in [3.63, 3.8) is 0 Å². The molecule has 0 spiro atoms. The molecule has 16 nitrogen and oxygen atoms in total. The minimum atomic E-state index is -0.918. The van der Waals surface area contributed by atoms with Crippen LogP contribution in [0.3, 0.4) is 0 Å². The summed E-state index contributed by atoms with van der Waals surface area (Å²) in [5, 5.41) is 17.6. The quantitative estimate of drug-likeness (QED) is 0.104. The van der Waals surface area contributed by atoms with Crippen LogP contribution in [0.15, 0.2) is 24.5 Å². The molecule has 1 aromatic heterocycles. The molecule has 1 fully saturated rings. The van der Waals surface area contributed by atoms with Crippen molar-refractivity contribution < 1.29 is 38.3 Å². The maximum absolute atomic E-state index is 14.5. The molecule has 1 aliphatic rings. The number of anilines is 4. The van der Waals surface area contributed by atoms with Crippen molar-refractivity contribution in [1.29, 1.82) is 0 Å². The highest BCUT2D eigenvalue weighted by Gasteiger charge is 2.40. The highest BCUT2D eigenvalue weighted by Crippen LogP contribution is 2.49. The number of amides is 2. The summed E-state index contributed by atoms with van der Waals surface area (Å²) in [7, 11) is 6.13. The number of rotatable bonds is 12. The molecule has 0 aliphatic heterocycles. The lowest BCUT2D eigenvalue weighted by Gasteiger charge is -2.26. The van der Waals surface area contributed by atoms with Gasteiger partial charge < -0.3 is 29.2 Å². The summed E-state index contributed by atoms with van der Waals surface area (Å²) in [6.45, 7) is 10.3. The van der Waals surface area contributed by atoms with Crippen LogP contribution in [0.25, 0.3) is 0 Å². The number of nitro groups is 1. The standard InChI is InChI=1S/C35H43Cl2N7O9/c1-34(2,3)52-32(46)23-18(16-42(7)8)11-14-20(28(23)44(48)49)40-21-15-22(39-17-38-21)43(19-12-13-19)31(45)24-29(50-9)25(36)27(26(37)30(24)51-10)41-33(47)53-35(4,5)6/h11,14-15,17,19H,12-13,16H2,1-10H3,(H,41,47)(H,38,39,40). The van der Waals surface area contributed by atoms with Crippen molar-refractivity contribution >= 4 is 69.9 Å². The van der Waals surface area contributed by atoms with Crippen LogP contribution in [-0.2, 0) is 16.0 Å². The van der Waals surface area contributed by atoms with E-state index in [1.54, 1.807) is 66.6 Å². The van der Waals surface area contributed by atoms with E-state index in [4.69, 9.17) is 42.1 Å². The van der Waals surface area contributed by atoms with Gasteiger partial charge in [-0.2, -0.15) is 0 Å². The molecular formula is C35H43Cl2N7O9. The summed E-state index contributed by atoms with van der Waals surface area (Å²) in [6.07, 6.45) is 1.58. The Morgan fingerprint density at radius 3 is 2.02 bits per heavy atom. The predicted molar refractivity (Wildman–Crippen MR) is 200 cm³/mol. The van der Waals surface area contributed by atoms with Crippen molar-refractivity contribution in [3.8, 4) is 11.5 Å². The molecule has 0 unspecified atom stereocenters. The van der Waals surface area contributed by atoms with E-state index in [1.165, 1.54) is 37.6 Å². The number of esters is 1. The van der Waals surface area contributed by atoms with E-state index < -0.39 is 39.8 Å². The second kappa shape index (κ2) is 16.0. The number of benzene rings is 2. The van der Waals surface area contributed by atoms with Gasteiger partial charge in [0.05, 0.1) is 24.8 Å². The Kier molecular flexibility index (Phi) is 12.3. The summed E-state index contributed by atoms with van der Waals surface area (Å²) < 4.78 is 22.1. The number of aromatic nitrogens is 2. The van der Waals surface area contributed by atoms with E-state index in [2.05, 4.69) is 20.6 Å². The van der Waals surface area contributed by atoms with Gasteiger partial charge in [-0.05, 0) is 80.1 Å². The molecule has 1 saturated carbocycles. The molecule has 53 heavy (non-hydrogen) atoms.